The first-order valence-electron chi connectivity index (χ1n) is 8.09. The first-order chi connectivity index (χ1) is 11.8. The van der Waals surface area contributed by atoms with Gasteiger partial charge in [0.1, 0.15) is 0 Å². The highest BCUT2D eigenvalue weighted by Crippen LogP contribution is 2.40. The van der Waals surface area contributed by atoms with Gasteiger partial charge in [-0.1, -0.05) is 42.5 Å². The average Bonchev–Trinajstić information content (AvgIpc) is 3.10. The summed E-state index contributed by atoms with van der Waals surface area (Å²) in [6, 6.07) is 17.8. The second kappa shape index (κ2) is 5.92. The Morgan fingerprint density at radius 3 is 2.79 bits per heavy atom. The predicted octanol–water partition coefficient (Wildman–Crippen LogP) is 4.48. The van der Waals surface area contributed by atoms with Crippen molar-refractivity contribution in [1.82, 2.24) is 4.98 Å². The van der Waals surface area contributed by atoms with Crippen LogP contribution in [-0.4, -0.2) is 16.5 Å². The third-order valence-corrected chi connectivity index (χ3v) is 4.67. The van der Waals surface area contributed by atoms with Gasteiger partial charge in [0.25, 0.3) is 0 Å². The minimum atomic E-state index is -0.346. The van der Waals surface area contributed by atoms with Gasteiger partial charge in [-0.15, -0.1) is 0 Å². The van der Waals surface area contributed by atoms with Crippen molar-refractivity contribution in [2.75, 3.05) is 11.4 Å². The summed E-state index contributed by atoms with van der Waals surface area (Å²) in [4.78, 5) is 17.4. The standard InChI is InChI=1S/C19H17N3O2/c23-22(24)18-10-4-12-20-19(18)21-13-5-11-17(21)16-9-3-7-14-6-1-2-8-15(14)16/h1-4,6-10,12,17H,5,11,13H2. The lowest BCUT2D eigenvalue weighted by molar-refractivity contribution is -0.384. The number of anilines is 1. The van der Waals surface area contributed by atoms with Gasteiger partial charge < -0.3 is 4.90 Å². The molecule has 1 unspecified atom stereocenters. The van der Waals surface area contributed by atoms with Crippen LogP contribution in [0.5, 0.6) is 0 Å². The number of rotatable bonds is 3. The maximum atomic E-state index is 11.4. The van der Waals surface area contributed by atoms with Gasteiger partial charge in [-0.05, 0) is 35.2 Å². The van der Waals surface area contributed by atoms with Gasteiger partial charge in [-0.25, -0.2) is 4.98 Å². The third-order valence-electron chi connectivity index (χ3n) is 4.67. The molecular formula is C19H17N3O2. The number of hydrogen-bond donors (Lipinski definition) is 0. The van der Waals surface area contributed by atoms with E-state index in [2.05, 4.69) is 40.2 Å². The lowest BCUT2D eigenvalue weighted by Gasteiger charge is -2.26. The van der Waals surface area contributed by atoms with Crippen LogP contribution >= 0.6 is 0 Å². The van der Waals surface area contributed by atoms with Gasteiger partial charge in [0.05, 0.1) is 11.0 Å². The van der Waals surface area contributed by atoms with Crippen LogP contribution in [0.25, 0.3) is 10.8 Å². The molecule has 2 heterocycles. The third kappa shape index (κ3) is 2.38. The SMILES string of the molecule is O=[N+]([O-])c1cccnc1N1CCCC1c1cccc2ccccc12. The van der Waals surface area contributed by atoms with Crippen molar-refractivity contribution in [3.63, 3.8) is 0 Å². The summed E-state index contributed by atoms with van der Waals surface area (Å²) in [7, 11) is 0. The van der Waals surface area contributed by atoms with Gasteiger partial charge in [0.2, 0.25) is 5.82 Å². The Labute approximate surface area is 139 Å². The van der Waals surface area contributed by atoms with Crippen LogP contribution in [0.2, 0.25) is 0 Å². The van der Waals surface area contributed by atoms with E-state index >= 15 is 0 Å². The van der Waals surface area contributed by atoms with Crippen molar-refractivity contribution in [1.29, 1.82) is 0 Å². The normalized spacial score (nSPS) is 17.3. The van der Waals surface area contributed by atoms with Crippen molar-refractivity contribution in [3.05, 3.63) is 76.5 Å². The fraction of sp³-hybridized carbons (Fsp3) is 0.211. The topological polar surface area (TPSA) is 59.3 Å². The Morgan fingerprint density at radius 2 is 1.92 bits per heavy atom. The Kier molecular flexibility index (Phi) is 3.61. The van der Waals surface area contributed by atoms with Crippen LogP contribution in [0.3, 0.4) is 0 Å². The van der Waals surface area contributed by atoms with Crippen LogP contribution in [0, 0.1) is 10.1 Å². The largest absolute Gasteiger partial charge is 0.344 e. The van der Waals surface area contributed by atoms with E-state index in [-0.39, 0.29) is 16.7 Å². The maximum Gasteiger partial charge on any atom is 0.311 e. The molecule has 120 valence electrons. The van der Waals surface area contributed by atoms with Crippen molar-refractivity contribution < 1.29 is 4.92 Å². The molecule has 1 saturated heterocycles. The number of aromatic nitrogens is 1. The quantitative estimate of drug-likeness (QED) is 0.527. The second-order valence-corrected chi connectivity index (χ2v) is 6.02. The molecule has 0 radical (unpaired) electrons. The molecule has 5 heteroatoms. The van der Waals surface area contributed by atoms with E-state index in [1.54, 1.807) is 12.3 Å². The highest BCUT2D eigenvalue weighted by Gasteiger charge is 2.32. The van der Waals surface area contributed by atoms with E-state index in [1.807, 2.05) is 12.1 Å². The van der Waals surface area contributed by atoms with E-state index in [9.17, 15) is 10.1 Å². The number of pyridine rings is 1. The average molecular weight is 319 g/mol. The fourth-order valence-electron chi connectivity index (χ4n) is 3.64. The fourth-order valence-corrected chi connectivity index (χ4v) is 3.64. The van der Waals surface area contributed by atoms with Crippen molar-refractivity contribution in [2.24, 2.45) is 0 Å². The minimum absolute atomic E-state index is 0.0737. The van der Waals surface area contributed by atoms with Crippen LogP contribution in [0.4, 0.5) is 11.5 Å². The van der Waals surface area contributed by atoms with Crippen molar-refractivity contribution >= 4 is 22.3 Å². The van der Waals surface area contributed by atoms with Gasteiger partial charge in [-0.2, -0.15) is 0 Å². The smallest absolute Gasteiger partial charge is 0.311 e. The molecule has 1 aromatic heterocycles. The summed E-state index contributed by atoms with van der Waals surface area (Å²) in [5.74, 6) is 0.470. The number of nitrogens with zero attached hydrogens (tertiary/aromatic N) is 3. The zero-order valence-corrected chi connectivity index (χ0v) is 13.1. The van der Waals surface area contributed by atoms with Crippen LogP contribution < -0.4 is 4.90 Å². The van der Waals surface area contributed by atoms with E-state index in [0.29, 0.717) is 5.82 Å². The molecule has 0 amide bonds. The Morgan fingerprint density at radius 1 is 1.08 bits per heavy atom. The van der Waals surface area contributed by atoms with E-state index in [1.165, 1.54) is 22.4 Å². The van der Waals surface area contributed by atoms with E-state index < -0.39 is 0 Å². The van der Waals surface area contributed by atoms with Crippen molar-refractivity contribution in [3.8, 4) is 0 Å². The maximum absolute atomic E-state index is 11.4. The van der Waals surface area contributed by atoms with Gasteiger partial charge in [0.15, 0.2) is 0 Å². The van der Waals surface area contributed by atoms with Gasteiger partial charge in [-0.3, -0.25) is 10.1 Å². The molecule has 0 N–H and O–H groups in total. The zero-order chi connectivity index (χ0) is 16.5. The molecule has 3 aromatic rings. The number of benzene rings is 2. The summed E-state index contributed by atoms with van der Waals surface area (Å²) < 4.78 is 0. The molecule has 24 heavy (non-hydrogen) atoms. The molecule has 1 fully saturated rings. The summed E-state index contributed by atoms with van der Waals surface area (Å²) in [6.45, 7) is 0.783. The van der Waals surface area contributed by atoms with E-state index in [0.717, 1.165) is 19.4 Å². The highest BCUT2D eigenvalue weighted by atomic mass is 16.6. The lowest BCUT2D eigenvalue weighted by Crippen LogP contribution is -2.24. The van der Waals surface area contributed by atoms with Gasteiger partial charge in [0, 0.05) is 18.8 Å². The zero-order valence-electron chi connectivity index (χ0n) is 13.1. The molecule has 4 rings (SSSR count). The molecule has 0 spiro atoms. The van der Waals surface area contributed by atoms with Crippen LogP contribution in [0.15, 0.2) is 60.8 Å². The first-order valence-corrected chi connectivity index (χ1v) is 8.09. The second-order valence-electron chi connectivity index (χ2n) is 6.02. The van der Waals surface area contributed by atoms with Crippen LogP contribution in [-0.2, 0) is 0 Å². The summed E-state index contributed by atoms with van der Waals surface area (Å²) in [5, 5.41) is 13.8. The highest BCUT2D eigenvalue weighted by molar-refractivity contribution is 5.86. The number of nitro groups is 1. The van der Waals surface area contributed by atoms with Crippen LogP contribution in [0.1, 0.15) is 24.4 Å². The predicted molar refractivity (Wildman–Crippen MR) is 94.2 cm³/mol. The van der Waals surface area contributed by atoms with Crippen molar-refractivity contribution in [2.45, 2.75) is 18.9 Å². The molecule has 1 aliphatic rings. The monoisotopic (exact) mass is 319 g/mol. The summed E-state index contributed by atoms with van der Waals surface area (Å²) in [6.07, 6.45) is 3.60. The Balaban J connectivity index is 1.83. The first kappa shape index (κ1) is 14.6. The molecule has 2 aromatic carbocycles. The lowest BCUT2D eigenvalue weighted by atomic mass is 9.97. The number of fused-ring (bicyclic) bond motifs is 1. The molecule has 1 atom stereocenters. The molecule has 1 aliphatic heterocycles. The van der Waals surface area contributed by atoms with E-state index in [4.69, 9.17) is 0 Å². The summed E-state index contributed by atoms with van der Waals surface area (Å²) in [5.41, 5.74) is 1.29. The number of hydrogen-bond acceptors (Lipinski definition) is 4. The van der Waals surface area contributed by atoms with Gasteiger partial charge >= 0.3 is 5.69 Å². The Hall–Kier alpha value is -2.95. The molecule has 0 saturated carbocycles. The molecule has 5 nitrogen and oxygen atoms in total. The Bertz CT molecular complexity index is 905. The minimum Gasteiger partial charge on any atom is -0.344 e. The molecular weight excluding hydrogens is 302 g/mol. The molecule has 0 bridgehead atoms. The molecule has 0 aliphatic carbocycles. The summed E-state index contributed by atoms with van der Waals surface area (Å²) >= 11 is 0.